The SMILES string of the molecule is CCC(CC)(NC(=O)CCC(F)(F)F)C(=O)O. The fourth-order valence-corrected chi connectivity index (χ4v) is 1.37. The lowest BCUT2D eigenvalue weighted by Crippen LogP contribution is -2.53. The maximum atomic E-state index is 11.9. The zero-order chi connectivity index (χ0) is 13.7. The van der Waals surface area contributed by atoms with Crippen LogP contribution in [-0.4, -0.2) is 28.7 Å². The van der Waals surface area contributed by atoms with Gasteiger partial charge in [0, 0.05) is 6.42 Å². The van der Waals surface area contributed by atoms with Gasteiger partial charge in [0.05, 0.1) is 6.42 Å². The van der Waals surface area contributed by atoms with Gasteiger partial charge in [-0.15, -0.1) is 0 Å². The summed E-state index contributed by atoms with van der Waals surface area (Å²) in [5.41, 5.74) is -1.47. The van der Waals surface area contributed by atoms with Crippen molar-refractivity contribution in [2.75, 3.05) is 0 Å². The molecule has 0 aromatic carbocycles. The molecule has 4 nitrogen and oxygen atoms in total. The van der Waals surface area contributed by atoms with Gasteiger partial charge in [-0.25, -0.2) is 4.79 Å². The maximum Gasteiger partial charge on any atom is 0.389 e. The Bertz CT molecular complexity index is 285. The highest BCUT2D eigenvalue weighted by atomic mass is 19.4. The number of carboxylic acid groups (broad SMARTS) is 1. The molecule has 17 heavy (non-hydrogen) atoms. The summed E-state index contributed by atoms with van der Waals surface area (Å²) in [5.74, 6) is -2.13. The average molecular weight is 255 g/mol. The molecular weight excluding hydrogens is 239 g/mol. The zero-order valence-corrected chi connectivity index (χ0v) is 9.73. The Morgan fingerprint density at radius 2 is 1.65 bits per heavy atom. The summed E-state index contributed by atoms with van der Waals surface area (Å²) >= 11 is 0. The normalized spacial score (nSPS) is 12.3. The van der Waals surface area contributed by atoms with E-state index in [0.29, 0.717) is 0 Å². The minimum Gasteiger partial charge on any atom is -0.480 e. The van der Waals surface area contributed by atoms with Crippen molar-refractivity contribution in [1.82, 2.24) is 5.32 Å². The van der Waals surface area contributed by atoms with Crippen LogP contribution in [0.2, 0.25) is 0 Å². The molecule has 2 N–H and O–H groups in total. The van der Waals surface area contributed by atoms with E-state index < -0.39 is 36.4 Å². The second-order valence-electron chi connectivity index (χ2n) is 3.76. The molecule has 0 fully saturated rings. The number of hydrogen-bond donors (Lipinski definition) is 2. The molecule has 0 unspecified atom stereocenters. The Kier molecular flexibility index (Phi) is 5.44. The Morgan fingerprint density at radius 1 is 1.18 bits per heavy atom. The van der Waals surface area contributed by atoms with Crippen molar-refractivity contribution in [2.45, 2.75) is 51.2 Å². The number of halogens is 3. The summed E-state index contributed by atoms with van der Waals surface area (Å²) in [4.78, 5) is 22.2. The second-order valence-corrected chi connectivity index (χ2v) is 3.76. The van der Waals surface area contributed by atoms with Crippen LogP contribution in [0.3, 0.4) is 0 Å². The number of hydrogen-bond acceptors (Lipinski definition) is 2. The van der Waals surface area contributed by atoms with Gasteiger partial charge in [-0.1, -0.05) is 13.8 Å². The van der Waals surface area contributed by atoms with E-state index in [1.165, 1.54) is 0 Å². The highest BCUT2D eigenvalue weighted by Gasteiger charge is 2.37. The molecule has 0 spiro atoms. The van der Waals surface area contributed by atoms with Gasteiger partial charge in [0.1, 0.15) is 5.54 Å². The minimum absolute atomic E-state index is 0.122. The molecule has 0 heterocycles. The summed E-state index contributed by atoms with van der Waals surface area (Å²) < 4.78 is 35.6. The number of amides is 1. The first-order valence-corrected chi connectivity index (χ1v) is 5.28. The van der Waals surface area contributed by atoms with Crippen LogP contribution in [0, 0.1) is 0 Å². The lowest BCUT2D eigenvalue weighted by atomic mass is 9.92. The molecule has 0 radical (unpaired) electrons. The first-order chi connectivity index (χ1) is 7.67. The van der Waals surface area contributed by atoms with E-state index in [9.17, 15) is 22.8 Å². The topological polar surface area (TPSA) is 66.4 Å². The number of carbonyl (C=O) groups excluding carboxylic acids is 1. The lowest BCUT2D eigenvalue weighted by molar-refractivity contribution is -0.151. The fraction of sp³-hybridized carbons (Fsp3) is 0.800. The van der Waals surface area contributed by atoms with Gasteiger partial charge in [0.15, 0.2) is 0 Å². The summed E-state index contributed by atoms with van der Waals surface area (Å²) in [6, 6.07) is 0. The van der Waals surface area contributed by atoms with Crippen molar-refractivity contribution >= 4 is 11.9 Å². The number of nitrogens with one attached hydrogen (secondary N) is 1. The van der Waals surface area contributed by atoms with Crippen LogP contribution in [0.25, 0.3) is 0 Å². The van der Waals surface area contributed by atoms with Crippen molar-refractivity contribution in [3.63, 3.8) is 0 Å². The molecule has 0 atom stereocenters. The van der Waals surface area contributed by atoms with Crippen LogP contribution in [0.1, 0.15) is 39.5 Å². The summed E-state index contributed by atoms with van der Waals surface area (Å²) in [7, 11) is 0. The molecule has 0 aliphatic rings. The van der Waals surface area contributed by atoms with E-state index in [-0.39, 0.29) is 12.8 Å². The third-order valence-electron chi connectivity index (χ3n) is 2.63. The molecular formula is C10H16F3NO3. The highest BCUT2D eigenvalue weighted by Crippen LogP contribution is 2.22. The third-order valence-corrected chi connectivity index (χ3v) is 2.63. The van der Waals surface area contributed by atoms with Crippen LogP contribution in [-0.2, 0) is 9.59 Å². The van der Waals surface area contributed by atoms with Gasteiger partial charge in [0.25, 0.3) is 0 Å². The van der Waals surface area contributed by atoms with Crippen LogP contribution >= 0.6 is 0 Å². The fourth-order valence-electron chi connectivity index (χ4n) is 1.37. The van der Waals surface area contributed by atoms with Crippen LogP contribution < -0.4 is 5.32 Å². The van der Waals surface area contributed by atoms with Gasteiger partial charge in [-0.3, -0.25) is 4.79 Å². The van der Waals surface area contributed by atoms with Gasteiger partial charge >= 0.3 is 12.1 Å². The molecule has 0 aromatic heterocycles. The monoisotopic (exact) mass is 255 g/mol. The van der Waals surface area contributed by atoms with E-state index in [1.54, 1.807) is 13.8 Å². The van der Waals surface area contributed by atoms with E-state index in [4.69, 9.17) is 5.11 Å². The second kappa shape index (κ2) is 5.88. The lowest BCUT2D eigenvalue weighted by Gasteiger charge is -2.28. The number of carboxylic acids is 1. The molecule has 1 amide bonds. The first kappa shape index (κ1) is 15.7. The molecule has 0 aromatic rings. The van der Waals surface area contributed by atoms with E-state index >= 15 is 0 Å². The molecule has 7 heteroatoms. The number of rotatable bonds is 6. The van der Waals surface area contributed by atoms with E-state index in [1.807, 2.05) is 0 Å². The van der Waals surface area contributed by atoms with Crippen LogP contribution in [0.15, 0.2) is 0 Å². The highest BCUT2D eigenvalue weighted by molar-refractivity contribution is 5.86. The maximum absolute atomic E-state index is 11.9. The number of alkyl halides is 3. The third kappa shape index (κ3) is 5.06. The number of aliphatic carboxylic acids is 1. The summed E-state index contributed by atoms with van der Waals surface area (Å²) in [6.45, 7) is 3.11. The Hall–Kier alpha value is -1.27. The number of carbonyl (C=O) groups is 2. The van der Waals surface area contributed by atoms with Crippen LogP contribution in [0.5, 0.6) is 0 Å². The van der Waals surface area contributed by atoms with Crippen molar-refractivity contribution in [1.29, 1.82) is 0 Å². The molecule has 100 valence electrons. The minimum atomic E-state index is -4.42. The van der Waals surface area contributed by atoms with Crippen LogP contribution in [0.4, 0.5) is 13.2 Å². The molecule has 0 aliphatic heterocycles. The Labute approximate surface area is 97.2 Å². The van der Waals surface area contributed by atoms with Gasteiger partial charge < -0.3 is 10.4 Å². The van der Waals surface area contributed by atoms with Gasteiger partial charge in [-0.05, 0) is 12.8 Å². The standard InChI is InChI=1S/C10H16F3NO3/c1-3-9(4-2,8(16)17)14-7(15)5-6-10(11,12)13/h3-6H2,1-2H3,(H,14,15)(H,16,17). The zero-order valence-electron chi connectivity index (χ0n) is 9.73. The van der Waals surface area contributed by atoms with Gasteiger partial charge in [0.2, 0.25) is 5.91 Å². The Balaban J connectivity index is 4.48. The van der Waals surface area contributed by atoms with Crippen molar-refractivity contribution in [3.8, 4) is 0 Å². The molecule has 0 aliphatic carbocycles. The molecule has 0 saturated carbocycles. The van der Waals surface area contributed by atoms with E-state index in [2.05, 4.69) is 5.32 Å². The van der Waals surface area contributed by atoms with Crippen molar-refractivity contribution in [2.24, 2.45) is 0 Å². The molecule has 0 rings (SSSR count). The smallest absolute Gasteiger partial charge is 0.389 e. The van der Waals surface area contributed by atoms with E-state index in [0.717, 1.165) is 0 Å². The van der Waals surface area contributed by atoms with Crippen molar-refractivity contribution < 1.29 is 27.9 Å². The largest absolute Gasteiger partial charge is 0.480 e. The summed E-state index contributed by atoms with van der Waals surface area (Å²) in [5, 5.41) is 11.1. The predicted molar refractivity (Wildman–Crippen MR) is 54.4 cm³/mol. The molecule has 0 bridgehead atoms. The van der Waals surface area contributed by atoms with Gasteiger partial charge in [-0.2, -0.15) is 13.2 Å². The first-order valence-electron chi connectivity index (χ1n) is 5.28. The Morgan fingerprint density at radius 3 is 1.94 bits per heavy atom. The predicted octanol–water partition coefficient (Wildman–Crippen LogP) is 2.09. The average Bonchev–Trinajstić information content (AvgIpc) is 2.22. The van der Waals surface area contributed by atoms with Crippen molar-refractivity contribution in [3.05, 3.63) is 0 Å². The summed E-state index contributed by atoms with van der Waals surface area (Å²) in [6.07, 6.45) is -6.17. The quantitative estimate of drug-likeness (QED) is 0.763. The molecule has 0 saturated heterocycles.